The van der Waals surface area contributed by atoms with E-state index < -0.39 is 29.8 Å². The third-order valence-electron chi connectivity index (χ3n) is 3.40. The summed E-state index contributed by atoms with van der Waals surface area (Å²) in [6.45, 7) is 1.32. The van der Waals surface area contributed by atoms with Crippen molar-refractivity contribution >= 4 is 5.97 Å². The number of ether oxygens (including phenoxy) is 2. The Morgan fingerprint density at radius 1 is 1.16 bits per heavy atom. The molecule has 1 heterocycles. The molecule has 0 aliphatic carbocycles. The summed E-state index contributed by atoms with van der Waals surface area (Å²) in [5.41, 5.74) is 0.636. The maximum Gasteiger partial charge on any atom is 0.320 e. The first-order chi connectivity index (χ1) is 12.0. The van der Waals surface area contributed by atoms with Crippen LogP contribution in [0.15, 0.2) is 65.0 Å². The summed E-state index contributed by atoms with van der Waals surface area (Å²) in [7, 11) is 0. The Hall–Kier alpha value is -2.67. The zero-order valence-corrected chi connectivity index (χ0v) is 13.5. The van der Waals surface area contributed by atoms with Gasteiger partial charge in [0.1, 0.15) is 18.5 Å². The Kier molecular flexibility index (Phi) is 6.71. The Morgan fingerprint density at radius 3 is 2.44 bits per heavy atom. The first-order valence-corrected chi connectivity index (χ1v) is 7.64. The molecule has 0 radical (unpaired) electrons. The fourth-order valence-corrected chi connectivity index (χ4v) is 2.23. The average Bonchev–Trinajstić information content (AvgIpc) is 3.13. The molecule has 1 N–H and O–H groups in total. The van der Waals surface area contributed by atoms with Crippen LogP contribution in [0.1, 0.15) is 24.4 Å². The van der Waals surface area contributed by atoms with Gasteiger partial charge < -0.3 is 19.0 Å². The van der Waals surface area contributed by atoms with Crippen molar-refractivity contribution in [3.8, 4) is 0 Å². The summed E-state index contributed by atoms with van der Waals surface area (Å²) in [6, 6.07) is 11.5. The molecule has 0 amide bonds. The maximum atomic E-state index is 13.5. The van der Waals surface area contributed by atoms with Crippen molar-refractivity contribution in [3.05, 3.63) is 71.9 Å². The number of aliphatic hydroxyl groups is 1. The van der Waals surface area contributed by atoms with Crippen molar-refractivity contribution in [3.63, 3.8) is 0 Å². The zero-order chi connectivity index (χ0) is 18.2. The lowest BCUT2D eigenvalue weighted by Crippen LogP contribution is -2.28. The number of hydrogen-bond acceptors (Lipinski definition) is 5. The third kappa shape index (κ3) is 4.90. The third-order valence-corrected chi connectivity index (χ3v) is 3.40. The van der Waals surface area contributed by atoms with Gasteiger partial charge in [-0.25, -0.2) is 0 Å². The highest BCUT2D eigenvalue weighted by atomic mass is 19.3. The second kappa shape index (κ2) is 8.98. The average molecular weight is 352 g/mol. The van der Waals surface area contributed by atoms with Gasteiger partial charge in [0.15, 0.2) is 11.7 Å². The lowest BCUT2D eigenvalue weighted by Gasteiger charge is -2.22. The summed E-state index contributed by atoms with van der Waals surface area (Å²) >= 11 is 0. The van der Waals surface area contributed by atoms with E-state index in [1.54, 1.807) is 30.3 Å². The summed E-state index contributed by atoms with van der Waals surface area (Å²) < 4.78 is 41.9. The molecule has 0 saturated carbocycles. The van der Waals surface area contributed by atoms with E-state index in [2.05, 4.69) is 0 Å². The Balaban J connectivity index is 2.27. The van der Waals surface area contributed by atoms with Crippen LogP contribution in [-0.4, -0.2) is 17.7 Å². The maximum absolute atomic E-state index is 13.5. The minimum absolute atomic E-state index is 0.0277. The second-order valence-corrected chi connectivity index (χ2v) is 5.09. The molecule has 0 unspecified atom stereocenters. The van der Waals surface area contributed by atoms with E-state index in [4.69, 9.17) is 13.9 Å². The van der Waals surface area contributed by atoms with Gasteiger partial charge in [-0.05, 0) is 24.6 Å². The number of halogens is 2. The van der Waals surface area contributed by atoms with Crippen molar-refractivity contribution in [2.45, 2.75) is 19.6 Å². The minimum Gasteiger partial charge on any atom is -0.487 e. The molecule has 2 aromatic rings. The van der Waals surface area contributed by atoms with Crippen molar-refractivity contribution in [2.24, 2.45) is 5.92 Å². The monoisotopic (exact) mass is 352 g/mol. The zero-order valence-electron chi connectivity index (χ0n) is 13.5. The Bertz CT molecular complexity index is 694. The number of esters is 1. The number of carbonyl (C=O) groups excluding carboxylic acids is 1. The molecular weight excluding hydrogens is 334 g/mol. The molecule has 0 aliphatic rings. The van der Waals surface area contributed by atoms with E-state index >= 15 is 0 Å². The minimum atomic E-state index is -2.21. The highest BCUT2D eigenvalue weighted by molar-refractivity contribution is 5.76. The molecule has 0 bridgehead atoms. The molecule has 2 atom stereocenters. The summed E-state index contributed by atoms with van der Waals surface area (Å²) in [5.74, 6) is -3.74. The molecule has 1 aromatic carbocycles. The quantitative estimate of drug-likeness (QED) is 0.578. The molecule has 0 saturated heterocycles. The smallest absolute Gasteiger partial charge is 0.320 e. The number of aliphatic hydroxyl groups excluding tert-OH is 1. The van der Waals surface area contributed by atoms with Crippen LogP contribution in [0.25, 0.3) is 0 Å². The molecule has 134 valence electrons. The van der Waals surface area contributed by atoms with E-state index in [1.165, 1.54) is 25.3 Å². The van der Waals surface area contributed by atoms with Gasteiger partial charge in [0, 0.05) is 0 Å². The van der Waals surface area contributed by atoms with Crippen molar-refractivity contribution in [1.82, 2.24) is 0 Å². The van der Waals surface area contributed by atoms with Gasteiger partial charge in [0.05, 0.1) is 12.9 Å². The fraction of sp³-hybridized carbons (Fsp3) is 0.278. The van der Waals surface area contributed by atoms with Crippen LogP contribution >= 0.6 is 0 Å². The Morgan fingerprint density at radius 2 is 1.88 bits per heavy atom. The van der Waals surface area contributed by atoms with Crippen LogP contribution in [0.4, 0.5) is 8.78 Å². The number of benzene rings is 1. The molecule has 0 spiro atoms. The molecule has 0 aliphatic heterocycles. The number of hydrogen-bond donors (Lipinski definition) is 1. The van der Waals surface area contributed by atoms with E-state index in [0.717, 1.165) is 0 Å². The summed E-state index contributed by atoms with van der Waals surface area (Å²) in [6.07, 6.45) is -2.61. The second-order valence-electron chi connectivity index (χ2n) is 5.09. The van der Waals surface area contributed by atoms with Crippen LogP contribution in [0.2, 0.25) is 0 Å². The molecule has 7 heteroatoms. The van der Waals surface area contributed by atoms with Crippen molar-refractivity contribution < 1.29 is 32.6 Å². The summed E-state index contributed by atoms with van der Waals surface area (Å²) in [5, 5.41) is 10.3. The number of rotatable bonds is 8. The Labute approximate surface area is 143 Å². The van der Waals surface area contributed by atoms with E-state index in [9.17, 15) is 18.7 Å². The first kappa shape index (κ1) is 18.7. The van der Waals surface area contributed by atoms with Gasteiger partial charge in [-0.2, -0.15) is 8.78 Å². The highest BCUT2D eigenvalue weighted by Gasteiger charge is 2.38. The van der Waals surface area contributed by atoms with Crippen molar-refractivity contribution in [1.29, 1.82) is 0 Å². The normalized spacial score (nSPS) is 13.0. The predicted molar refractivity (Wildman–Crippen MR) is 84.3 cm³/mol. The largest absolute Gasteiger partial charge is 0.487 e. The molecule has 5 nitrogen and oxygen atoms in total. The van der Waals surface area contributed by atoms with Gasteiger partial charge in [0.2, 0.25) is 0 Å². The van der Waals surface area contributed by atoms with E-state index in [1.807, 2.05) is 0 Å². The summed E-state index contributed by atoms with van der Waals surface area (Å²) in [4.78, 5) is 12.2. The van der Waals surface area contributed by atoms with Crippen molar-refractivity contribution in [2.75, 3.05) is 6.61 Å². The molecule has 0 fully saturated rings. The fourth-order valence-electron chi connectivity index (χ4n) is 2.23. The van der Waals surface area contributed by atoms with Crippen LogP contribution in [0, 0.1) is 5.92 Å². The topological polar surface area (TPSA) is 68.9 Å². The number of furan rings is 1. The van der Waals surface area contributed by atoms with Crippen LogP contribution < -0.4 is 0 Å². The lowest BCUT2D eigenvalue weighted by molar-refractivity contribution is -0.153. The van der Waals surface area contributed by atoms with E-state index in [-0.39, 0.29) is 19.0 Å². The van der Waals surface area contributed by atoms with E-state index in [0.29, 0.717) is 5.56 Å². The number of carbonyl (C=O) groups is 1. The molecule has 25 heavy (non-hydrogen) atoms. The SMILES string of the molecule is CCOC(=O)[C@@H](C(OCc1ccccc1)=C(F)F)[C@@H](O)c1ccco1. The van der Waals surface area contributed by atoms with Crippen LogP contribution in [0.3, 0.4) is 0 Å². The molecule has 2 rings (SSSR count). The molecular formula is C18H18F2O5. The lowest BCUT2D eigenvalue weighted by atomic mass is 9.98. The van der Waals surface area contributed by atoms with Gasteiger partial charge in [-0.3, -0.25) is 4.79 Å². The standard InChI is InChI=1S/C18H18F2O5/c1-2-23-18(22)14(15(21)13-9-6-10-24-13)16(17(19)20)25-11-12-7-4-3-5-8-12/h3-10,14-15,21H,2,11H2,1H3/t14-,15+/m1/s1. The highest BCUT2D eigenvalue weighted by Crippen LogP contribution is 2.33. The predicted octanol–water partition coefficient (Wildman–Crippen LogP) is 3.82. The van der Waals surface area contributed by atoms with Gasteiger partial charge in [0.25, 0.3) is 0 Å². The van der Waals surface area contributed by atoms with Gasteiger partial charge in [-0.15, -0.1) is 0 Å². The first-order valence-electron chi connectivity index (χ1n) is 7.64. The van der Waals surface area contributed by atoms with Gasteiger partial charge in [-0.1, -0.05) is 30.3 Å². The van der Waals surface area contributed by atoms with Crippen LogP contribution in [-0.2, 0) is 20.9 Å². The van der Waals surface area contributed by atoms with Crippen LogP contribution in [0.5, 0.6) is 0 Å². The van der Waals surface area contributed by atoms with Gasteiger partial charge >= 0.3 is 12.0 Å². The molecule has 1 aromatic heterocycles.